The minimum absolute atomic E-state index is 0.373. The van der Waals surface area contributed by atoms with Gasteiger partial charge in [-0.15, -0.1) is 11.6 Å². The number of carbonyl (C=O) groups is 1. The quantitative estimate of drug-likeness (QED) is 0.646. The van der Waals surface area contributed by atoms with E-state index in [1.165, 1.54) is 0 Å². The van der Waals surface area contributed by atoms with Gasteiger partial charge in [-0.1, -0.05) is 17.7 Å². The van der Waals surface area contributed by atoms with E-state index in [4.69, 9.17) is 27.9 Å². The first-order valence-corrected chi connectivity index (χ1v) is 6.30. The molecule has 0 fully saturated rings. The van der Waals surface area contributed by atoms with E-state index >= 15 is 0 Å². The molecule has 0 saturated carbocycles. The van der Waals surface area contributed by atoms with Crippen LogP contribution in [0, 0.1) is 6.92 Å². The number of benzene rings is 1. The molecule has 1 aromatic rings. The van der Waals surface area contributed by atoms with Crippen LogP contribution < -0.4 is 5.32 Å². The zero-order valence-corrected chi connectivity index (χ0v) is 11.1. The Bertz CT molecular complexity index is 383. The molecule has 0 aliphatic rings. The number of aryl methyl sites for hydroxylation is 1. The van der Waals surface area contributed by atoms with Crippen molar-refractivity contribution in [3.8, 4) is 0 Å². The van der Waals surface area contributed by atoms with Crippen LogP contribution in [0.1, 0.15) is 18.4 Å². The molecule has 0 heterocycles. The maximum absolute atomic E-state index is 11.4. The Kier molecular flexibility index (Phi) is 6.16. The van der Waals surface area contributed by atoms with Gasteiger partial charge >= 0.3 is 6.09 Å². The predicted octanol–water partition coefficient (Wildman–Crippen LogP) is 4.22. The molecular formula is C12H15Cl2NO2. The van der Waals surface area contributed by atoms with E-state index in [1.54, 1.807) is 12.1 Å². The van der Waals surface area contributed by atoms with Gasteiger partial charge in [-0.25, -0.2) is 4.79 Å². The summed E-state index contributed by atoms with van der Waals surface area (Å²) >= 11 is 11.4. The summed E-state index contributed by atoms with van der Waals surface area (Å²) in [6, 6.07) is 5.31. The van der Waals surface area contributed by atoms with Crippen molar-refractivity contribution >= 4 is 35.0 Å². The fraction of sp³-hybridized carbons (Fsp3) is 0.417. The van der Waals surface area contributed by atoms with E-state index < -0.39 is 6.09 Å². The van der Waals surface area contributed by atoms with E-state index in [0.717, 1.165) is 18.4 Å². The molecule has 0 bridgehead atoms. The smallest absolute Gasteiger partial charge is 0.411 e. The highest BCUT2D eigenvalue weighted by atomic mass is 35.5. The Balaban J connectivity index is 2.37. The molecule has 0 unspecified atom stereocenters. The third-order valence-corrected chi connectivity index (χ3v) is 2.85. The Labute approximate surface area is 111 Å². The maximum atomic E-state index is 11.4. The van der Waals surface area contributed by atoms with Gasteiger partial charge in [0.25, 0.3) is 0 Å². The number of hydrogen-bond acceptors (Lipinski definition) is 2. The number of rotatable bonds is 5. The summed E-state index contributed by atoms with van der Waals surface area (Å²) in [5.74, 6) is 0.582. The van der Waals surface area contributed by atoms with E-state index in [-0.39, 0.29) is 0 Å². The van der Waals surface area contributed by atoms with E-state index in [0.29, 0.717) is 23.2 Å². The lowest BCUT2D eigenvalue weighted by molar-refractivity contribution is 0.160. The molecular weight excluding hydrogens is 261 g/mol. The normalized spacial score (nSPS) is 10.1. The van der Waals surface area contributed by atoms with E-state index in [2.05, 4.69) is 5.32 Å². The molecule has 3 nitrogen and oxygen atoms in total. The second-order valence-electron chi connectivity index (χ2n) is 3.62. The number of anilines is 1. The minimum Gasteiger partial charge on any atom is -0.449 e. The Morgan fingerprint density at radius 3 is 2.82 bits per heavy atom. The highest BCUT2D eigenvalue weighted by Crippen LogP contribution is 2.19. The second-order valence-corrected chi connectivity index (χ2v) is 4.41. The second kappa shape index (κ2) is 7.41. The van der Waals surface area contributed by atoms with Crippen molar-refractivity contribution < 1.29 is 9.53 Å². The molecule has 1 N–H and O–H groups in total. The SMILES string of the molecule is Cc1ccc(NC(=O)OCCCCCl)cc1Cl. The van der Waals surface area contributed by atoms with Crippen molar-refractivity contribution in [1.82, 2.24) is 0 Å². The molecule has 0 aliphatic heterocycles. The van der Waals surface area contributed by atoms with Crippen LogP contribution in [0.4, 0.5) is 10.5 Å². The van der Waals surface area contributed by atoms with Gasteiger partial charge in [0, 0.05) is 16.6 Å². The standard InChI is InChI=1S/C12H15Cl2NO2/c1-9-4-5-10(8-11(9)14)15-12(16)17-7-3-2-6-13/h4-5,8H,2-3,6-7H2,1H3,(H,15,16). The van der Waals surface area contributed by atoms with Crippen LogP contribution in [-0.2, 0) is 4.74 Å². The van der Waals surface area contributed by atoms with Gasteiger partial charge in [0.1, 0.15) is 0 Å². The van der Waals surface area contributed by atoms with Gasteiger partial charge < -0.3 is 4.74 Å². The number of ether oxygens (including phenoxy) is 1. The van der Waals surface area contributed by atoms with Gasteiger partial charge in [-0.2, -0.15) is 0 Å². The summed E-state index contributed by atoms with van der Waals surface area (Å²) in [5.41, 5.74) is 1.59. The maximum Gasteiger partial charge on any atom is 0.411 e. The third kappa shape index (κ3) is 5.29. The summed E-state index contributed by atoms with van der Waals surface area (Å²) in [6.07, 6.45) is 1.14. The molecule has 0 aromatic heterocycles. The topological polar surface area (TPSA) is 38.3 Å². The van der Waals surface area contributed by atoms with Gasteiger partial charge in [-0.05, 0) is 37.5 Å². The average Bonchev–Trinajstić information content (AvgIpc) is 2.30. The predicted molar refractivity (Wildman–Crippen MR) is 71.1 cm³/mol. The monoisotopic (exact) mass is 275 g/mol. The summed E-state index contributed by atoms with van der Waals surface area (Å²) in [5, 5.41) is 3.22. The van der Waals surface area contributed by atoms with Crippen molar-refractivity contribution in [3.63, 3.8) is 0 Å². The van der Waals surface area contributed by atoms with Crippen LogP contribution in [-0.4, -0.2) is 18.6 Å². The van der Waals surface area contributed by atoms with Gasteiger partial charge in [0.05, 0.1) is 6.61 Å². The molecule has 17 heavy (non-hydrogen) atoms. The summed E-state index contributed by atoms with van der Waals surface area (Å²) in [7, 11) is 0. The van der Waals surface area contributed by atoms with Crippen LogP contribution in [0.15, 0.2) is 18.2 Å². The first kappa shape index (κ1) is 14.1. The van der Waals surface area contributed by atoms with Crippen LogP contribution >= 0.6 is 23.2 Å². The lowest BCUT2D eigenvalue weighted by Gasteiger charge is -2.07. The minimum atomic E-state index is -0.473. The van der Waals surface area contributed by atoms with Crippen LogP contribution in [0.3, 0.4) is 0 Å². The molecule has 0 spiro atoms. The molecule has 0 aliphatic carbocycles. The summed E-state index contributed by atoms with van der Waals surface area (Å²) in [6.45, 7) is 2.27. The van der Waals surface area contributed by atoms with E-state index in [9.17, 15) is 4.79 Å². The highest BCUT2D eigenvalue weighted by molar-refractivity contribution is 6.31. The van der Waals surface area contributed by atoms with Crippen molar-refractivity contribution in [2.75, 3.05) is 17.8 Å². The highest BCUT2D eigenvalue weighted by Gasteiger charge is 2.04. The molecule has 1 aromatic carbocycles. The molecule has 0 atom stereocenters. The van der Waals surface area contributed by atoms with Crippen LogP contribution in [0.5, 0.6) is 0 Å². The van der Waals surface area contributed by atoms with Crippen molar-refractivity contribution in [3.05, 3.63) is 28.8 Å². The summed E-state index contributed by atoms with van der Waals surface area (Å²) < 4.78 is 4.97. The third-order valence-electron chi connectivity index (χ3n) is 2.18. The fourth-order valence-corrected chi connectivity index (χ4v) is 1.56. The van der Waals surface area contributed by atoms with Crippen LogP contribution in [0.2, 0.25) is 5.02 Å². The van der Waals surface area contributed by atoms with Crippen molar-refractivity contribution in [2.45, 2.75) is 19.8 Å². The number of nitrogens with one attached hydrogen (secondary N) is 1. The Morgan fingerprint density at radius 1 is 1.41 bits per heavy atom. The number of amides is 1. The molecule has 5 heteroatoms. The van der Waals surface area contributed by atoms with E-state index in [1.807, 2.05) is 13.0 Å². The largest absolute Gasteiger partial charge is 0.449 e. The fourth-order valence-electron chi connectivity index (χ4n) is 1.19. The Morgan fingerprint density at radius 2 is 2.18 bits per heavy atom. The molecule has 0 radical (unpaired) electrons. The lowest BCUT2D eigenvalue weighted by Crippen LogP contribution is -2.14. The van der Waals surface area contributed by atoms with Gasteiger partial charge in [-0.3, -0.25) is 5.32 Å². The molecule has 1 amide bonds. The van der Waals surface area contributed by atoms with Gasteiger partial charge in [0.15, 0.2) is 0 Å². The van der Waals surface area contributed by atoms with Gasteiger partial charge in [0.2, 0.25) is 0 Å². The Hall–Kier alpha value is -0.930. The number of alkyl halides is 1. The molecule has 1 rings (SSSR count). The first-order chi connectivity index (χ1) is 8.13. The van der Waals surface area contributed by atoms with Crippen LogP contribution in [0.25, 0.3) is 0 Å². The lowest BCUT2D eigenvalue weighted by atomic mass is 10.2. The van der Waals surface area contributed by atoms with Crippen molar-refractivity contribution in [2.24, 2.45) is 0 Å². The number of carbonyl (C=O) groups excluding carboxylic acids is 1. The zero-order valence-electron chi connectivity index (χ0n) is 9.63. The number of halogens is 2. The number of unbranched alkanes of at least 4 members (excludes halogenated alkanes) is 1. The average molecular weight is 276 g/mol. The molecule has 0 saturated heterocycles. The summed E-state index contributed by atoms with van der Waals surface area (Å²) in [4.78, 5) is 11.4. The zero-order chi connectivity index (χ0) is 12.7. The molecule has 94 valence electrons. The first-order valence-electron chi connectivity index (χ1n) is 5.39. The number of hydrogen-bond donors (Lipinski definition) is 1. The van der Waals surface area contributed by atoms with Crippen molar-refractivity contribution in [1.29, 1.82) is 0 Å².